The van der Waals surface area contributed by atoms with E-state index < -0.39 is 0 Å². The topological polar surface area (TPSA) is 0 Å². The van der Waals surface area contributed by atoms with Gasteiger partial charge in [-0.1, -0.05) is 103 Å². The van der Waals surface area contributed by atoms with Crippen LogP contribution in [0.2, 0.25) is 5.02 Å². The molecule has 0 N–H and O–H groups in total. The minimum atomic E-state index is -0.390. The Kier molecular flexibility index (Phi) is 4.49. The minimum Gasteiger partial charge on any atom is -0.0843 e. The fourth-order valence-corrected chi connectivity index (χ4v) is 9.79. The van der Waals surface area contributed by atoms with Crippen LogP contribution in [0.15, 0.2) is 103 Å². The zero-order valence-corrected chi connectivity index (χ0v) is 21.3. The number of fused-ring (bicyclic) bond motifs is 2. The highest BCUT2D eigenvalue weighted by Gasteiger charge is 2.63. The van der Waals surface area contributed by atoms with Gasteiger partial charge >= 0.3 is 0 Å². The van der Waals surface area contributed by atoms with Gasteiger partial charge in [-0.25, -0.2) is 0 Å². The summed E-state index contributed by atoms with van der Waals surface area (Å²) in [6, 6.07) is 38.7. The van der Waals surface area contributed by atoms with E-state index in [-0.39, 0.29) is 10.8 Å². The Morgan fingerprint density at radius 1 is 0.500 bits per heavy atom. The van der Waals surface area contributed by atoms with Crippen LogP contribution in [0.4, 0.5) is 0 Å². The van der Waals surface area contributed by atoms with Crippen LogP contribution in [0.1, 0.15) is 65.5 Å². The van der Waals surface area contributed by atoms with E-state index >= 15 is 0 Å². The molecule has 9 rings (SSSR count). The zero-order chi connectivity index (χ0) is 23.9. The van der Waals surface area contributed by atoms with E-state index in [9.17, 15) is 0 Å². The van der Waals surface area contributed by atoms with Crippen LogP contribution in [-0.4, -0.2) is 0 Å². The van der Waals surface area contributed by atoms with Crippen molar-refractivity contribution in [1.29, 1.82) is 0 Å². The maximum Gasteiger partial charge on any atom is 0.0708 e. The number of benzene rings is 4. The highest BCUT2D eigenvalue weighted by molar-refractivity contribution is 6.30. The summed E-state index contributed by atoms with van der Waals surface area (Å²) in [6.45, 7) is 0. The van der Waals surface area contributed by atoms with Crippen LogP contribution in [0.25, 0.3) is 0 Å². The predicted molar refractivity (Wildman–Crippen MR) is 148 cm³/mol. The zero-order valence-electron chi connectivity index (χ0n) is 20.5. The van der Waals surface area contributed by atoms with E-state index in [1.165, 1.54) is 54.4 Å². The second-order valence-corrected chi connectivity index (χ2v) is 12.3. The SMILES string of the molecule is Clc1ccc2c(c1)C(c1ccccc1)(c1ccccc1)c1ccccc1C21C2CC3CC(C2)CC1C3. The van der Waals surface area contributed by atoms with Crippen LogP contribution >= 0.6 is 11.6 Å². The van der Waals surface area contributed by atoms with Gasteiger partial charge in [-0.05, 0) is 101 Å². The molecule has 0 amide bonds. The standard InChI is InChI=1S/C35H31Cl/c36-29-15-16-32-33(22-29)34(25-9-3-1-4-10-25,26-11-5-2-6-12-26)30-13-7-8-14-31(30)35(32)27-18-23-17-24(20-27)21-28(35)19-23/h1-16,22-24,27-28H,17-21H2. The lowest BCUT2D eigenvalue weighted by molar-refractivity contribution is -0.0440. The maximum absolute atomic E-state index is 6.88. The van der Waals surface area contributed by atoms with Gasteiger partial charge in [-0.3, -0.25) is 0 Å². The third-order valence-corrected chi connectivity index (χ3v) is 10.7. The molecule has 0 nitrogen and oxygen atoms in total. The van der Waals surface area contributed by atoms with Gasteiger partial charge in [0, 0.05) is 10.4 Å². The molecule has 0 saturated heterocycles. The Hall–Kier alpha value is -2.83. The quantitative estimate of drug-likeness (QED) is 0.265. The van der Waals surface area contributed by atoms with Crippen molar-refractivity contribution < 1.29 is 0 Å². The molecule has 4 aromatic carbocycles. The van der Waals surface area contributed by atoms with Crippen molar-refractivity contribution in [3.63, 3.8) is 0 Å². The van der Waals surface area contributed by atoms with Gasteiger partial charge in [0.2, 0.25) is 0 Å². The predicted octanol–water partition coefficient (Wildman–Crippen LogP) is 8.78. The molecule has 0 atom stereocenters. The summed E-state index contributed by atoms with van der Waals surface area (Å²) in [7, 11) is 0. The Morgan fingerprint density at radius 3 is 1.58 bits per heavy atom. The number of hydrogen-bond donors (Lipinski definition) is 0. The Bertz CT molecular complexity index is 1380. The highest BCUT2D eigenvalue weighted by Crippen LogP contribution is 2.69. The Balaban J connectivity index is 1.54. The lowest BCUT2D eigenvalue weighted by atomic mass is 9.38. The lowest BCUT2D eigenvalue weighted by Gasteiger charge is -2.65. The molecule has 5 aliphatic carbocycles. The third-order valence-electron chi connectivity index (χ3n) is 10.4. The second kappa shape index (κ2) is 7.59. The summed E-state index contributed by atoms with van der Waals surface area (Å²) in [5.41, 5.74) is 8.35. The van der Waals surface area contributed by atoms with E-state index in [1.807, 2.05) is 0 Å². The summed E-state index contributed by atoms with van der Waals surface area (Å²) < 4.78 is 0. The smallest absolute Gasteiger partial charge is 0.0708 e. The van der Waals surface area contributed by atoms with Crippen LogP contribution in [-0.2, 0) is 10.8 Å². The largest absolute Gasteiger partial charge is 0.0843 e. The average Bonchev–Trinajstić information content (AvgIpc) is 2.92. The average molecular weight is 487 g/mol. The normalized spacial score (nSPS) is 30.7. The first-order valence-electron chi connectivity index (χ1n) is 13.7. The van der Waals surface area contributed by atoms with Crippen LogP contribution < -0.4 is 0 Å². The van der Waals surface area contributed by atoms with Crippen molar-refractivity contribution in [1.82, 2.24) is 0 Å². The molecular weight excluding hydrogens is 456 g/mol. The third kappa shape index (κ3) is 2.57. The van der Waals surface area contributed by atoms with Crippen molar-refractivity contribution in [3.8, 4) is 0 Å². The first-order chi connectivity index (χ1) is 17.7. The van der Waals surface area contributed by atoms with Crippen LogP contribution in [0, 0.1) is 23.7 Å². The summed E-state index contributed by atoms with van der Waals surface area (Å²) >= 11 is 6.88. The molecule has 178 valence electrons. The molecule has 0 aliphatic heterocycles. The fraction of sp³-hybridized carbons (Fsp3) is 0.314. The van der Waals surface area contributed by atoms with Gasteiger partial charge in [0.05, 0.1) is 5.41 Å². The van der Waals surface area contributed by atoms with Crippen molar-refractivity contribution in [3.05, 3.63) is 142 Å². The van der Waals surface area contributed by atoms with Gasteiger partial charge in [0.25, 0.3) is 0 Å². The van der Waals surface area contributed by atoms with Crippen molar-refractivity contribution in [2.45, 2.75) is 42.9 Å². The van der Waals surface area contributed by atoms with Crippen LogP contribution in [0.5, 0.6) is 0 Å². The van der Waals surface area contributed by atoms with Crippen molar-refractivity contribution >= 4 is 11.6 Å². The van der Waals surface area contributed by atoms with E-state index in [4.69, 9.17) is 11.6 Å². The molecule has 36 heavy (non-hydrogen) atoms. The number of hydrogen-bond acceptors (Lipinski definition) is 0. The van der Waals surface area contributed by atoms with Gasteiger partial charge in [0.1, 0.15) is 0 Å². The molecule has 4 saturated carbocycles. The molecule has 5 aliphatic rings. The molecular formula is C35H31Cl. The molecule has 1 heteroatoms. The maximum atomic E-state index is 6.88. The first-order valence-corrected chi connectivity index (χ1v) is 14.1. The van der Waals surface area contributed by atoms with Gasteiger partial charge in [-0.2, -0.15) is 0 Å². The van der Waals surface area contributed by atoms with E-state index in [1.54, 1.807) is 11.1 Å². The first kappa shape index (κ1) is 21.3. The van der Waals surface area contributed by atoms with Gasteiger partial charge < -0.3 is 0 Å². The summed E-state index contributed by atoms with van der Waals surface area (Å²) in [6.07, 6.45) is 7.00. The monoisotopic (exact) mass is 486 g/mol. The van der Waals surface area contributed by atoms with Gasteiger partial charge in [-0.15, -0.1) is 0 Å². The van der Waals surface area contributed by atoms with Crippen molar-refractivity contribution in [2.24, 2.45) is 23.7 Å². The fourth-order valence-electron chi connectivity index (χ4n) is 9.62. The highest BCUT2D eigenvalue weighted by atomic mass is 35.5. The molecule has 4 bridgehead atoms. The molecule has 4 fully saturated rings. The molecule has 0 aromatic heterocycles. The molecule has 0 unspecified atom stereocenters. The summed E-state index contributed by atoms with van der Waals surface area (Å²) in [5.74, 6) is 3.30. The van der Waals surface area contributed by atoms with Crippen LogP contribution in [0.3, 0.4) is 0 Å². The molecule has 0 heterocycles. The minimum absolute atomic E-state index is 0.0942. The molecule has 4 aromatic rings. The van der Waals surface area contributed by atoms with E-state index in [0.717, 1.165) is 28.7 Å². The Labute approximate surface area is 219 Å². The second-order valence-electron chi connectivity index (χ2n) is 11.9. The summed E-state index contributed by atoms with van der Waals surface area (Å²) in [4.78, 5) is 0. The van der Waals surface area contributed by atoms with E-state index in [0.29, 0.717) is 0 Å². The molecule has 1 spiro atoms. The number of rotatable bonds is 2. The van der Waals surface area contributed by atoms with Crippen molar-refractivity contribution in [2.75, 3.05) is 0 Å². The molecule has 0 radical (unpaired) electrons. The van der Waals surface area contributed by atoms with Gasteiger partial charge in [0.15, 0.2) is 0 Å². The lowest BCUT2D eigenvalue weighted by Crippen LogP contribution is -2.59. The Morgan fingerprint density at radius 2 is 1.00 bits per heavy atom. The number of halogens is 1. The van der Waals surface area contributed by atoms with E-state index in [2.05, 4.69) is 103 Å². The summed E-state index contributed by atoms with van der Waals surface area (Å²) in [5, 5.41) is 0.836.